The summed E-state index contributed by atoms with van der Waals surface area (Å²) in [5.74, 6) is 0. The summed E-state index contributed by atoms with van der Waals surface area (Å²) in [6.45, 7) is 21.2. The van der Waals surface area contributed by atoms with E-state index in [2.05, 4.69) is 49.4 Å². The summed E-state index contributed by atoms with van der Waals surface area (Å²) in [5.41, 5.74) is 2.74. The Labute approximate surface area is 165 Å². The molecule has 0 aromatic rings. The smallest absolute Gasteiger partial charge is 0.0105 e. The van der Waals surface area contributed by atoms with Gasteiger partial charge in [-0.1, -0.05) is 57.2 Å². The van der Waals surface area contributed by atoms with Gasteiger partial charge >= 0.3 is 0 Å². The summed E-state index contributed by atoms with van der Waals surface area (Å²) in [6.07, 6.45) is 15.9. The molecule has 1 fully saturated rings. The fourth-order valence-electron chi connectivity index (χ4n) is 3.11. The van der Waals surface area contributed by atoms with Gasteiger partial charge in [0.2, 0.25) is 0 Å². The second kappa shape index (κ2) is 20.2. The standard InChI is InChI=1S/C10H22N2.C9H12.C3H6.C2H6/c1-3-10(6-7-11-2)12-8-4-5-9-12;1-3-9-6-4-5-8(2)7-9;1-3-2;1-2/h10-11H,3-9H2,1-2H3;3,5,7H,1,4,6H2,2H3;3H,1H2,2H3;1-2H3. The van der Waals surface area contributed by atoms with Crippen LogP contribution in [-0.4, -0.2) is 37.6 Å². The Morgan fingerprint density at radius 3 is 2.19 bits per heavy atom. The van der Waals surface area contributed by atoms with E-state index in [1.54, 1.807) is 6.08 Å². The molecule has 2 heteroatoms. The molecule has 0 bridgehead atoms. The Balaban J connectivity index is 0. The van der Waals surface area contributed by atoms with Gasteiger partial charge in [-0.2, -0.15) is 0 Å². The number of rotatable bonds is 6. The topological polar surface area (TPSA) is 15.3 Å². The van der Waals surface area contributed by atoms with Crippen LogP contribution in [0.2, 0.25) is 0 Å². The Morgan fingerprint density at radius 1 is 1.23 bits per heavy atom. The second-order valence-electron chi connectivity index (χ2n) is 6.52. The molecule has 2 aliphatic rings. The van der Waals surface area contributed by atoms with Crippen molar-refractivity contribution >= 4 is 0 Å². The lowest BCUT2D eigenvalue weighted by Gasteiger charge is -2.26. The molecule has 1 saturated heterocycles. The predicted octanol–water partition coefficient (Wildman–Crippen LogP) is 6.53. The first-order valence-electron chi connectivity index (χ1n) is 10.6. The third kappa shape index (κ3) is 14.1. The Morgan fingerprint density at radius 2 is 1.81 bits per heavy atom. The summed E-state index contributed by atoms with van der Waals surface area (Å²) in [4.78, 5) is 2.65. The van der Waals surface area contributed by atoms with Gasteiger partial charge in [-0.15, -0.1) is 6.58 Å². The largest absolute Gasteiger partial charge is 0.320 e. The van der Waals surface area contributed by atoms with Crippen molar-refractivity contribution in [3.05, 3.63) is 48.6 Å². The molecular weight excluding hydrogens is 316 g/mol. The summed E-state index contributed by atoms with van der Waals surface area (Å²) < 4.78 is 0. The molecule has 0 spiro atoms. The summed E-state index contributed by atoms with van der Waals surface area (Å²) in [7, 11) is 2.04. The molecule has 26 heavy (non-hydrogen) atoms. The van der Waals surface area contributed by atoms with E-state index in [4.69, 9.17) is 0 Å². The first-order valence-corrected chi connectivity index (χ1v) is 10.6. The van der Waals surface area contributed by atoms with Gasteiger partial charge in [0.15, 0.2) is 0 Å². The molecule has 1 aliphatic heterocycles. The number of hydrogen-bond acceptors (Lipinski definition) is 2. The van der Waals surface area contributed by atoms with Gasteiger partial charge in [-0.05, 0) is 84.6 Å². The van der Waals surface area contributed by atoms with Crippen LogP contribution in [-0.2, 0) is 0 Å². The maximum Gasteiger partial charge on any atom is 0.0105 e. The molecule has 0 amide bonds. The van der Waals surface area contributed by atoms with E-state index in [-0.39, 0.29) is 0 Å². The molecule has 1 unspecified atom stereocenters. The molecule has 2 rings (SSSR count). The number of nitrogens with zero attached hydrogens (tertiary/aromatic N) is 1. The van der Waals surface area contributed by atoms with Crippen LogP contribution in [0.4, 0.5) is 0 Å². The molecular formula is C24H46N2. The molecule has 152 valence electrons. The Kier molecular flexibility index (Phi) is 21.1. The van der Waals surface area contributed by atoms with Gasteiger partial charge in [-0.3, -0.25) is 0 Å². The van der Waals surface area contributed by atoms with Crippen LogP contribution in [0.15, 0.2) is 48.6 Å². The van der Waals surface area contributed by atoms with E-state index >= 15 is 0 Å². The van der Waals surface area contributed by atoms with Crippen LogP contribution in [0.3, 0.4) is 0 Å². The molecule has 2 nitrogen and oxygen atoms in total. The lowest BCUT2D eigenvalue weighted by molar-refractivity contribution is 0.224. The van der Waals surface area contributed by atoms with Crippen molar-refractivity contribution in [2.45, 2.75) is 79.2 Å². The summed E-state index contributed by atoms with van der Waals surface area (Å²) >= 11 is 0. The van der Waals surface area contributed by atoms with Crippen LogP contribution >= 0.6 is 0 Å². The van der Waals surface area contributed by atoms with E-state index in [0.717, 1.165) is 12.6 Å². The van der Waals surface area contributed by atoms with Gasteiger partial charge in [0.25, 0.3) is 0 Å². The SMILES string of the molecule is C=CC.C=CC1=CC(C)=CCC1.CC.CCC(CCNC)N1CCCC1. The quantitative estimate of drug-likeness (QED) is 0.540. The van der Waals surface area contributed by atoms with E-state index in [0.29, 0.717) is 0 Å². The molecule has 0 aromatic carbocycles. The minimum absolute atomic E-state index is 0.833. The van der Waals surface area contributed by atoms with Crippen molar-refractivity contribution < 1.29 is 0 Å². The molecule has 0 radical (unpaired) electrons. The Hall–Kier alpha value is -1.12. The zero-order valence-electron chi connectivity index (χ0n) is 18.6. The van der Waals surface area contributed by atoms with E-state index in [1.165, 1.54) is 62.8 Å². The van der Waals surface area contributed by atoms with Crippen LogP contribution < -0.4 is 5.32 Å². The molecule has 1 atom stereocenters. The number of hydrogen-bond donors (Lipinski definition) is 1. The average Bonchev–Trinajstić information content (AvgIpc) is 3.20. The third-order valence-corrected chi connectivity index (χ3v) is 4.43. The highest BCUT2D eigenvalue weighted by molar-refractivity contribution is 5.31. The maximum atomic E-state index is 3.72. The van der Waals surface area contributed by atoms with Crippen molar-refractivity contribution in [3.8, 4) is 0 Å². The number of likely N-dealkylation sites (tertiary alicyclic amines) is 1. The van der Waals surface area contributed by atoms with E-state index < -0.39 is 0 Å². The Bertz CT molecular complexity index is 387. The van der Waals surface area contributed by atoms with Gasteiger partial charge < -0.3 is 10.2 Å². The fourth-order valence-corrected chi connectivity index (χ4v) is 3.11. The van der Waals surface area contributed by atoms with Crippen LogP contribution in [0.1, 0.15) is 73.1 Å². The normalized spacial score (nSPS) is 17.0. The molecule has 1 heterocycles. The second-order valence-corrected chi connectivity index (χ2v) is 6.52. The zero-order valence-corrected chi connectivity index (χ0v) is 18.6. The molecule has 0 saturated carbocycles. The lowest BCUT2D eigenvalue weighted by atomic mass is 10.0. The van der Waals surface area contributed by atoms with Gasteiger partial charge in [0.1, 0.15) is 0 Å². The van der Waals surface area contributed by atoms with Gasteiger partial charge in [-0.25, -0.2) is 0 Å². The van der Waals surface area contributed by atoms with Crippen LogP contribution in [0.25, 0.3) is 0 Å². The van der Waals surface area contributed by atoms with E-state index in [9.17, 15) is 0 Å². The first-order chi connectivity index (χ1) is 12.6. The highest BCUT2D eigenvalue weighted by Gasteiger charge is 2.19. The average molecular weight is 363 g/mol. The maximum absolute atomic E-state index is 3.72. The van der Waals surface area contributed by atoms with Crippen molar-refractivity contribution in [1.82, 2.24) is 10.2 Å². The minimum Gasteiger partial charge on any atom is -0.320 e. The predicted molar refractivity (Wildman–Crippen MR) is 122 cm³/mol. The van der Waals surface area contributed by atoms with Crippen molar-refractivity contribution in [2.24, 2.45) is 0 Å². The van der Waals surface area contributed by atoms with Crippen molar-refractivity contribution in [3.63, 3.8) is 0 Å². The van der Waals surface area contributed by atoms with Gasteiger partial charge in [0.05, 0.1) is 0 Å². The number of nitrogens with one attached hydrogen (secondary N) is 1. The van der Waals surface area contributed by atoms with Crippen molar-refractivity contribution in [1.29, 1.82) is 0 Å². The molecule has 1 aliphatic carbocycles. The molecule has 1 N–H and O–H groups in total. The molecule has 0 aromatic heterocycles. The van der Waals surface area contributed by atoms with Crippen LogP contribution in [0.5, 0.6) is 0 Å². The monoisotopic (exact) mass is 362 g/mol. The third-order valence-electron chi connectivity index (χ3n) is 4.43. The lowest BCUT2D eigenvalue weighted by Crippen LogP contribution is -2.34. The van der Waals surface area contributed by atoms with Crippen molar-refractivity contribution in [2.75, 3.05) is 26.7 Å². The highest BCUT2D eigenvalue weighted by atomic mass is 15.2. The summed E-state index contributed by atoms with van der Waals surface area (Å²) in [5, 5.41) is 3.23. The van der Waals surface area contributed by atoms with E-state index in [1.807, 2.05) is 33.9 Å². The minimum atomic E-state index is 0.833. The fraction of sp³-hybridized carbons (Fsp3) is 0.667. The number of allylic oxidation sites excluding steroid dienone is 6. The van der Waals surface area contributed by atoms with Crippen LogP contribution in [0, 0.1) is 0 Å². The summed E-state index contributed by atoms with van der Waals surface area (Å²) in [6, 6.07) is 0.833. The first kappa shape index (κ1) is 27.1. The highest BCUT2D eigenvalue weighted by Crippen LogP contribution is 2.17. The van der Waals surface area contributed by atoms with Gasteiger partial charge in [0, 0.05) is 6.04 Å². The zero-order chi connectivity index (χ0) is 20.2.